The Morgan fingerprint density at radius 2 is 1.94 bits per heavy atom. The lowest BCUT2D eigenvalue weighted by Gasteiger charge is -2.44. The molecule has 3 heteroatoms. The summed E-state index contributed by atoms with van der Waals surface area (Å²) >= 11 is 0. The third-order valence-corrected chi connectivity index (χ3v) is 4.38. The van der Waals surface area contributed by atoms with Crippen LogP contribution in [0.5, 0.6) is 0 Å². The molecule has 3 nitrogen and oxygen atoms in total. The Hall–Kier alpha value is -0.120. The topological polar surface area (TPSA) is 38.5 Å². The minimum atomic E-state index is 0.346. The van der Waals surface area contributed by atoms with Gasteiger partial charge in [0.05, 0.1) is 6.10 Å². The fraction of sp³-hybridized carbons (Fsp3) is 1.00. The molecule has 0 aromatic rings. The highest BCUT2D eigenvalue weighted by molar-refractivity contribution is 4.93. The van der Waals surface area contributed by atoms with Gasteiger partial charge in [0, 0.05) is 31.8 Å². The van der Waals surface area contributed by atoms with Crippen molar-refractivity contribution in [2.45, 2.75) is 58.2 Å². The van der Waals surface area contributed by atoms with Crippen molar-refractivity contribution >= 4 is 0 Å². The zero-order valence-corrected chi connectivity index (χ0v) is 11.6. The first-order valence-electron chi connectivity index (χ1n) is 7.19. The monoisotopic (exact) mass is 240 g/mol. The van der Waals surface area contributed by atoms with Gasteiger partial charge >= 0.3 is 0 Å². The molecule has 0 amide bonds. The number of hydrogen-bond donors (Lipinski definition) is 1. The molecule has 17 heavy (non-hydrogen) atoms. The Bertz CT molecular complexity index is 234. The predicted molar refractivity (Wildman–Crippen MR) is 70.9 cm³/mol. The molecule has 0 spiro atoms. The van der Waals surface area contributed by atoms with Gasteiger partial charge in [0.15, 0.2) is 0 Å². The zero-order valence-electron chi connectivity index (χ0n) is 11.6. The van der Waals surface area contributed by atoms with E-state index in [1.807, 2.05) is 0 Å². The normalized spacial score (nSPS) is 45.5. The highest BCUT2D eigenvalue weighted by Gasteiger charge is 2.36. The molecule has 0 bridgehead atoms. The maximum atomic E-state index is 6.40. The van der Waals surface area contributed by atoms with Crippen molar-refractivity contribution in [3.8, 4) is 0 Å². The van der Waals surface area contributed by atoms with Crippen LogP contribution in [0.3, 0.4) is 0 Å². The molecular formula is C14H28N2O. The highest BCUT2D eigenvalue weighted by Crippen LogP contribution is 2.32. The third kappa shape index (κ3) is 3.21. The van der Waals surface area contributed by atoms with Crippen LogP contribution in [0, 0.1) is 11.8 Å². The summed E-state index contributed by atoms with van der Waals surface area (Å²) in [5.41, 5.74) is 6.40. The molecule has 1 heterocycles. The number of rotatable bonds is 1. The van der Waals surface area contributed by atoms with Gasteiger partial charge in [-0.05, 0) is 38.0 Å². The molecule has 5 unspecified atom stereocenters. The summed E-state index contributed by atoms with van der Waals surface area (Å²) in [5, 5.41) is 0. The van der Waals surface area contributed by atoms with Gasteiger partial charge in [-0.1, -0.05) is 13.8 Å². The van der Waals surface area contributed by atoms with Gasteiger partial charge in [-0.3, -0.25) is 4.90 Å². The Morgan fingerprint density at radius 1 is 1.18 bits per heavy atom. The van der Waals surface area contributed by atoms with E-state index < -0.39 is 0 Å². The molecule has 5 atom stereocenters. The van der Waals surface area contributed by atoms with Gasteiger partial charge in [0.1, 0.15) is 0 Å². The van der Waals surface area contributed by atoms with Crippen molar-refractivity contribution in [1.82, 2.24) is 4.90 Å². The van der Waals surface area contributed by atoms with E-state index in [1.165, 1.54) is 12.8 Å². The van der Waals surface area contributed by atoms with Crippen LogP contribution < -0.4 is 5.73 Å². The summed E-state index contributed by atoms with van der Waals surface area (Å²) in [5.74, 6) is 1.51. The van der Waals surface area contributed by atoms with Crippen LogP contribution in [-0.4, -0.2) is 42.8 Å². The van der Waals surface area contributed by atoms with Crippen molar-refractivity contribution in [2.75, 3.05) is 19.7 Å². The number of ether oxygens (including phenoxy) is 1. The maximum absolute atomic E-state index is 6.40. The fourth-order valence-corrected chi connectivity index (χ4v) is 3.82. The number of hydrogen-bond acceptors (Lipinski definition) is 3. The summed E-state index contributed by atoms with van der Waals surface area (Å²) in [6.45, 7) is 10.0. The Kier molecular flexibility index (Phi) is 4.45. The van der Waals surface area contributed by atoms with Crippen LogP contribution in [0.4, 0.5) is 0 Å². The lowest BCUT2D eigenvalue weighted by atomic mass is 9.76. The van der Waals surface area contributed by atoms with Crippen molar-refractivity contribution in [1.29, 1.82) is 0 Å². The molecule has 2 rings (SSSR count). The summed E-state index contributed by atoms with van der Waals surface area (Å²) in [6, 6.07) is 0.911. The van der Waals surface area contributed by atoms with Gasteiger partial charge in [0.25, 0.3) is 0 Å². The van der Waals surface area contributed by atoms with Gasteiger partial charge in [-0.15, -0.1) is 0 Å². The molecule has 0 aromatic carbocycles. The van der Waals surface area contributed by atoms with Crippen LogP contribution in [0.1, 0.15) is 40.0 Å². The molecule has 2 N–H and O–H groups in total. The maximum Gasteiger partial charge on any atom is 0.0674 e. The molecule has 2 aliphatic rings. The van der Waals surface area contributed by atoms with Gasteiger partial charge in [-0.2, -0.15) is 0 Å². The van der Waals surface area contributed by atoms with Crippen molar-refractivity contribution in [3.05, 3.63) is 0 Å². The average molecular weight is 240 g/mol. The van der Waals surface area contributed by atoms with Crippen LogP contribution in [0.25, 0.3) is 0 Å². The fourth-order valence-electron chi connectivity index (χ4n) is 3.82. The molecule has 0 aromatic heterocycles. The van der Waals surface area contributed by atoms with Crippen LogP contribution >= 0.6 is 0 Å². The van der Waals surface area contributed by atoms with Crippen molar-refractivity contribution < 1.29 is 4.74 Å². The number of nitrogens with zero attached hydrogens (tertiary/aromatic N) is 1. The molecule has 0 radical (unpaired) electrons. The van der Waals surface area contributed by atoms with E-state index in [1.54, 1.807) is 0 Å². The molecule has 2 fully saturated rings. The largest absolute Gasteiger partial charge is 0.377 e. The van der Waals surface area contributed by atoms with E-state index in [4.69, 9.17) is 10.5 Å². The second-order valence-electron chi connectivity index (χ2n) is 6.24. The first-order chi connectivity index (χ1) is 8.08. The van der Waals surface area contributed by atoms with Crippen LogP contribution in [0.2, 0.25) is 0 Å². The van der Waals surface area contributed by atoms with Crippen molar-refractivity contribution in [2.24, 2.45) is 17.6 Å². The quantitative estimate of drug-likeness (QED) is 0.760. The lowest BCUT2D eigenvalue weighted by molar-refractivity contribution is 0.0354. The Labute approximate surface area is 106 Å². The SMILES string of the molecule is CC1CC(C)C(N2CCCOC(C)C2)C(N)C1. The number of nitrogens with two attached hydrogens (primary N) is 1. The van der Waals surface area contributed by atoms with E-state index in [9.17, 15) is 0 Å². The second-order valence-corrected chi connectivity index (χ2v) is 6.24. The lowest BCUT2D eigenvalue weighted by Crippen LogP contribution is -2.56. The third-order valence-electron chi connectivity index (χ3n) is 4.38. The first-order valence-corrected chi connectivity index (χ1v) is 7.19. The zero-order chi connectivity index (χ0) is 12.4. The average Bonchev–Trinajstić information content (AvgIpc) is 2.41. The summed E-state index contributed by atoms with van der Waals surface area (Å²) < 4.78 is 5.73. The van der Waals surface area contributed by atoms with Crippen molar-refractivity contribution in [3.63, 3.8) is 0 Å². The van der Waals surface area contributed by atoms with E-state index >= 15 is 0 Å². The first kappa shape index (κ1) is 13.3. The molecule has 1 aliphatic heterocycles. The predicted octanol–water partition coefficient (Wildman–Crippen LogP) is 1.86. The minimum Gasteiger partial charge on any atom is -0.377 e. The highest BCUT2D eigenvalue weighted by atomic mass is 16.5. The van der Waals surface area contributed by atoms with Crippen LogP contribution in [0.15, 0.2) is 0 Å². The van der Waals surface area contributed by atoms with Gasteiger partial charge in [0.2, 0.25) is 0 Å². The molecule has 1 saturated heterocycles. The minimum absolute atomic E-state index is 0.346. The summed E-state index contributed by atoms with van der Waals surface area (Å²) in [7, 11) is 0. The van der Waals surface area contributed by atoms with E-state index in [0.717, 1.165) is 38.0 Å². The van der Waals surface area contributed by atoms with E-state index in [0.29, 0.717) is 18.2 Å². The Balaban J connectivity index is 2.03. The van der Waals surface area contributed by atoms with E-state index in [-0.39, 0.29) is 0 Å². The molecule has 1 aliphatic carbocycles. The Morgan fingerprint density at radius 3 is 2.65 bits per heavy atom. The second kappa shape index (κ2) is 5.68. The van der Waals surface area contributed by atoms with E-state index in [2.05, 4.69) is 25.7 Å². The standard InChI is InChI=1S/C14H28N2O/c1-10-7-11(2)14(13(15)8-10)16-5-4-6-17-12(3)9-16/h10-14H,4-9,15H2,1-3H3. The van der Waals surface area contributed by atoms with Gasteiger partial charge < -0.3 is 10.5 Å². The van der Waals surface area contributed by atoms with Crippen LogP contribution in [-0.2, 0) is 4.74 Å². The molecular weight excluding hydrogens is 212 g/mol. The summed E-state index contributed by atoms with van der Waals surface area (Å²) in [4.78, 5) is 2.60. The van der Waals surface area contributed by atoms with Gasteiger partial charge in [-0.25, -0.2) is 0 Å². The summed E-state index contributed by atoms with van der Waals surface area (Å²) in [6.07, 6.45) is 4.01. The molecule has 100 valence electrons. The molecule has 1 saturated carbocycles. The smallest absolute Gasteiger partial charge is 0.0674 e.